The van der Waals surface area contributed by atoms with Gasteiger partial charge in [0, 0.05) is 97.2 Å². The number of rotatable bonds is 9. The first-order valence-corrected chi connectivity index (χ1v) is 18.6. The number of nitrogens with zero attached hydrogens (tertiary/aromatic N) is 4. The highest BCUT2D eigenvalue weighted by Crippen LogP contribution is 2.37. The number of hydrogen-bond donors (Lipinski definition) is 4. The van der Waals surface area contributed by atoms with Crippen LogP contribution in [0.5, 0.6) is 5.75 Å². The van der Waals surface area contributed by atoms with Gasteiger partial charge in [-0.05, 0) is 91.3 Å². The molecule has 2 aromatic heterocycles. The van der Waals surface area contributed by atoms with E-state index in [2.05, 4.69) is 78.4 Å². The number of aromatic amines is 1. The fourth-order valence-electron chi connectivity index (χ4n) is 8.03. The lowest BCUT2D eigenvalue weighted by Crippen LogP contribution is -2.44. The molecule has 1 unspecified atom stereocenters. The zero-order valence-corrected chi connectivity index (χ0v) is 30.4. The van der Waals surface area contributed by atoms with Crippen molar-refractivity contribution in [3.63, 3.8) is 0 Å². The van der Waals surface area contributed by atoms with E-state index in [1.165, 1.54) is 22.5 Å². The van der Waals surface area contributed by atoms with Crippen LogP contribution in [-0.4, -0.2) is 70.9 Å². The fourth-order valence-corrected chi connectivity index (χ4v) is 8.30. The van der Waals surface area contributed by atoms with Gasteiger partial charge in [0.05, 0.1) is 13.3 Å². The standard InChI is InChI=1S/C40H45ClN8O3/c1-47-23-32(31-21-43-46-38(31)40(47)51)26-19-34(41)33(37(20-26)52-2)24-48-16-14-30-25(22-48)5-3-6-35(30)44-28-12-17-49(18-13-28)29-10-8-27(9-11-29)45-36-7-4-15-42-39(36)50/h3,5-6,8-11,19-21,23,28,36,44-45H,4,7,12-18,22,24H2,1-2H3,(H,42,50)(H,43,46). The van der Waals surface area contributed by atoms with E-state index < -0.39 is 0 Å². The highest BCUT2D eigenvalue weighted by molar-refractivity contribution is 6.32. The Hall–Kier alpha value is -5.00. The molecule has 5 heterocycles. The zero-order chi connectivity index (χ0) is 35.8. The van der Waals surface area contributed by atoms with Crippen LogP contribution < -0.4 is 31.1 Å². The number of nitrogens with one attached hydrogen (secondary N) is 4. The average Bonchev–Trinajstić information content (AvgIpc) is 3.66. The largest absolute Gasteiger partial charge is 0.496 e. The first kappa shape index (κ1) is 34.1. The summed E-state index contributed by atoms with van der Waals surface area (Å²) in [5.74, 6) is 0.813. The normalized spacial score (nSPS) is 18.2. The van der Waals surface area contributed by atoms with Gasteiger partial charge in [0.25, 0.3) is 5.56 Å². The number of pyridine rings is 1. The van der Waals surface area contributed by atoms with Crippen molar-refractivity contribution >= 4 is 45.5 Å². The summed E-state index contributed by atoms with van der Waals surface area (Å²) >= 11 is 6.98. The Morgan fingerprint density at radius 3 is 2.63 bits per heavy atom. The lowest BCUT2D eigenvalue weighted by atomic mass is 9.95. The Morgan fingerprint density at radius 1 is 1.02 bits per heavy atom. The van der Waals surface area contributed by atoms with Gasteiger partial charge in [0.1, 0.15) is 17.3 Å². The SMILES string of the molecule is COc1cc(-c2cn(C)c(=O)c3[nH]ncc23)cc(Cl)c1CN1CCc2c(cccc2NC2CCN(c3ccc(NC4CCCNC4=O)cc3)CC2)C1. The Balaban J connectivity index is 0.895. The summed E-state index contributed by atoms with van der Waals surface area (Å²) in [4.78, 5) is 29.6. The van der Waals surface area contributed by atoms with Gasteiger partial charge in [0.15, 0.2) is 0 Å². The van der Waals surface area contributed by atoms with E-state index in [1.54, 1.807) is 24.9 Å². The molecule has 0 aliphatic carbocycles. The van der Waals surface area contributed by atoms with Crippen LogP contribution in [0.1, 0.15) is 42.4 Å². The molecule has 8 rings (SSSR count). The smallest absolute Gasteiger partial charge is 0.276 e. The van der Waals surface area contributed by atoms with E-state index in [9.17, 15) is 9.59 Å². The maximum absolute atomic E-state index is 12.6. The molecular formula is C40H45ClN8O3. The molecule has 4 N–H and O–H groups in total. The number of aromatic nitrogens is 3. The molecule has 5 aromatic rings. The molecule has 52 heavy (non-hydrogen) atoms. The molecule has 2 saturated heterocycles. The van der Waals surface area contributed by atoms with Gasteiger partial charge in [-0.15, -0.1) is 0 Å². The van der Waals surface area contributed by atoms with Gasteiger partial charge in [-0.2, -0.15) is 5.10 Å². The van der Waals surface area contributed by atoms with E-state index >= 15 is 0 Å². The molecule has 2 fully saturated rings. The molecule has 3 aliphatic rings. The highest BCUT2D eigenvalue weighted by atomic mass is 35.5. The second kappa shape index (κ2) is 14.6. The van der Waals surface area contributed by atoms with Crippen molar-refractivity contribution in [1.82, 2.24) is 25.0 Å². The van der Waals surface area contributed by atoms with E-state index in [4.69, 9.17) is 16.3 Å². The van der Waals surface area contributed by atoms with Gasteiger partial charge >= 0.3 is 0 Å². The van der Waals surface area contributed by atoms with Crippen molar-refractivity contribution in [3.8, 4) is 16.9 Å². The van der Waals surface area contributed by atoms with Crippen LogP contribution in [0, 0.1) is 0 Å². The van der Waals surface area contributed by atoms with E-state index in [-0.39, 0.29) is 17.5 Å². The summed E-state index contributed by atoms with van der Waals surface area (Å²) in [6.07, 6.45) is 8.46. The second-order valence-corrected chi connectivity index (χ2v) is 14.7. The van der Waals surface area contributed by atoms with Crippen LogP contribution in [0.25, 0.3) is 22.0 Å². The third-order valence-corrected chi connectivity index (χ3v) is 11.2. The van der Waals surface area contributed by atoms with E-state index in [1.807, 2.05) is 18.3 Å². The number of anilines is 3. The minimum Gasteiger partial charge on any atom is -0.496 e. The molecule has 1 atom stereocenters. The summed E-state index contributed by atoms with van der Waals surface area (Å²) in [6.45, 7) is 5.17. The molecule has 1 amide bonds. The number of ether oxygens (including phenoxy) is 1. The number of fused-ring (bicyclic) bond motifs is 2. The van der Waals surface area contributed by atoms with Crippen molar-refractivity contribution < 1.29 is 9.53 Å². The second-order valence-electron chi connectivity index (χ2n) is 14.2. The summed E-state index contributed by atoms with van der Waals surface area (Å²) in [7, 11) is 3.41. The van der Waals surface area contributed by atoms with Crippen LogP contribution >= 0.6 is 11.6 Å². The zero-order valence-electron chi connectivity index (χ0n) is 29.7. The van der Waals surface area contributed by atoms with Gasteiger partial charge in [0.2, 0.25) is 5.91 Å². The Labute approximate surface area is 308 Å². The summed E-state index contributed by atoms with van der Waals surface area (Å²) in [5.41, 5.74) is 9.24. The van der Waals surface area contributed by atoms with Crippen molar-refractivity contribution in [2.24, 2.45) is 7.05 Å². The van der Waals surface area contributed by atoms with Gasteiger partial charge < -0.3 is 30.2 Å². The molecule has 0 saturated carbocycles. The van der Waals surface area contributed by atoms with Crippen LogP contribution in [0.3, 0.4) is 0 Å². The lowest BCUT2D eigenvalue weighted by Gasteiger charge is -2.36. The minimum absolute atomic E-state index is 0.0896. The lowest BCUT2D eigenvalue weighted by molar-refractivity contribution is -0.123. The molecule has 270 valence electrons. The quantitative estimate of drug-likeness (QED) is 0.148. The molecular weight excluding hydrogens is 676 g/mol. The van der Waals surface area contributed by atoms with E-state index in [0.29, 0.717) is 23.1 Å². The molecule has 12 heteroatoms. The number of piperidine rings is 2. The first-order valence-electron chi connectivity index (χ1n) is 18.2. The Morgan fingerprint density at radius 2 is 1.85 bits per heavy atom. The number of carbonyl (C=O) groups is 1. The first-order chi connectivity index (χ1) is 25.3. The molecule has 0 spiro atoms. The Bertz CT molecular complexity index is 2160. The van der Waals surface area contributed by atoms with Gasteiger partial charge in [-0.25, -0.2) is 0 Å². The molecule has 11 nitrogen and oxygen atoms in total. The van der Waals surface area contributed by atoms with Gasteiger partial charge in [-0.3, -0.25) is 19.6 Å². The van der Waals surface area contributed by atoms with Crippen molar-refractivity contribution in [1.29, 1.82) is 0 Å². The summed E-state index contributed by atoms with van der Waals surface area (Å²) in [5, 5.41) is 18.6. The third-order valence-electron chi connectivity index (χ3n) is 10.9. The van der Waals surface area contributed by atoms with Crippen molar-refractivity contribution in [2.45, 2.75) is 57.3 Å². The summed E-state index contributed by atoms with van der Waals surface area (Å²) in [6, 6.07) is 19.4. The van der Waals surface area contributed by atoms with E-state index in [0.717, 1.165) is 98.3 Å². The van der Waals surface area contributed by atoms with Crippen LogP contribution in [0.4, 0.5) is 17.1 Å². The third kappa shape index (κ3) is 6.82. The number of amides is 1. The predicted molar refractivity (Wildman–Crippen MR) is 208 cm³/mol. The number of carbonyl (C=O) groups excluding carboxylic acids is 1. The van der Waals surface area contributed by atoms with Crippen molar-refractivity contribution in [3.05, 3.63) is 99.1 Å². The van der Waals surface area contributed by atoms with Crippen molar-refractivity contribution in [2.75, 3.05) is 48.8 Å². The topological polar surface area (TPSA) is 120 Å². The van der Waals surface area contributed by atoms with Crippen LogP contribution in [0.2, 0.25) is 5.02 Å². The number of aryl methyl sites for hydroxylation is 1. The minimum atomic E-state index is -0.150. The number of hydrogen-bond acceptors (Lipinski definition) is 8. The predicted octanol–water partition coefficient (Wildman–Crippen LogP) is 5.92. The Kier molecular flexibility index (Phi) is 9.55. The van der Waals surface area contributed by atoms with Gasteiger partial charge in [-0.1, -0.05) is 23.7 Å². The highest BCUT2D eigenvalue weighted by Gasteiger charge is 2.26. The summed E-state index contributed by atoms with van der Waals surface area (Å²) < 4.78 is 7.45. The van der Waals surface area contributed by atoms with Crippen LogP contribution in [0.15, 0.2) is 71.8 Å². The molecule has 3 aliphatic heterocycles. The van der Waals surface area contributed by atoms with Crippen LogP contribution in [-0.2, 0) is 31.4 Å². The number of halogens is 1. The monoisotopic (exact) mass is 720 g/mol. The maximum atomic E-state index is 12.6. The molecule has 3 aromatic carbocycles. The molecule has 0 radical (unpaired) electrons. The molecule has 0 bridgehead atoms. The number of benzene rings is 3. The fraction of sp³-hybridized carbons (Fsp3) is 0.375. The number of methoxy groups -OCH3 is 1. The number of H-pyrrole nitrogens is 1. The maximum Gasteiger partial charge on any atom is 0.276 e. The average molecular weight is 721 g/mol.